The minimum absolute atomic E-state index is 0.132. The highest BCUT2D eigenvalue weighted by Crippen LogP contribution is 2.44. The van der Waals surface area contributed by atoms with Gasteiger partial charge in [0.05, 0.1) is 20.3 Å². The summed E-state index contributed by atoms with van der Waals surface area (Å²) in [6.07, 6.45) is 5.45. The van der Waals surface area contributed by atoms with E-state index >= 15 is 0 Å². The van der Waals surface area contributed by atoms with Gasteiger partial charge in [-0.1, -0.05) is 15.9 Å². The molecule has 0 spiro atoms. The number of rotatable bonds is 5. The predicted molar refractivity (Wildman–Crippen MR) is 146 cm³/mol. The molecule has 1 amide bonds. The van der Waals surface area contributed by atoms with Crippen LogP contribution < -0.4 is 19.7 Å². The Morgan fingerprint density at radius 3 is 2.25 bits per heavy atom. The highest BCUT2D eigenvalue weighted by Gasteiger charge is 2.33. The second-order valence-electron chi connectivity index (χ2n) is 8.63. The van der Waals surface area contributed by atoms with E-state index in [-0.39, 0.29) is 6.04 Å². The summed E-state index contributed by atoms with van der Waals surface area (Å²) in [5.41, 5.74) is 5.83. The number of hydrogen-bond acceptors (Lipinski definition) is 7. The van der Waals surface area contributed by atoms with Crippen molar-refractivity contribution < 1.29 is 14.3 Å². The summed E-state index contributed by atoms with van der Waals surface area (Å²) in [5, 5.41) is 3.49. The Morgan fingerprint density at radius 1 is 1.06 bits per heavy atom. The summed E-state index contributed by atoms with van der Waals surface area (Å²) in [6.45, 7) is 1.41. The van der Waals surface area contributed by atoms with Crippen LogP contribution in [0.15, 0.2) is 64.9 Å². The van der Waals surface area contributed by atoms with E-state index in [9.17, 15) is 4.79 Å². The third-order valence-electron chi connectivity index (χ3n) is 6.25. The number of methoxy groups -OCH3 is 2. The fourth-order valence-corrected chi connectivity index (χ4v) is 4.80. The Hall–Kier alpha value is -3.59. The summed E-state index contributed by atoms with van der Waals surface area (Å²) >= 11 is 3.57. The zero-order valence-corrected chi connectivity index (χ0v) is 22.4. The third kappa shape index (κ3) is 5.46. The maximum Gasteiger partial charge on any atom is 0.224 e. The van der Waals surface area contributed by atoms with Gasteiger partial charge >= 0.3 is 0 Å². The van der Waals surface area contributed by atoms with Crippen LogP contribution in [0.25, 0.3) is 5.57 Å². The minimum atomic E-state index is -0.132. The van der Waals surface area contributed by atoms with Crippen molar-refractivity contribution in [3.8, 4) is 11.5 Å². The van der Waals surface area contributed by atoms with Crippen molar-refractivity contribution in [2.75, 3.05) is 51.6 Å². The van der Waals surface area contributed by atoms with Gasteiger partial charge in [-0.2, -0.15) is 0 Å². The topological polar surface area (TPSA) is 79.8 Å². The standard InChI is InChI=1S/C19H20BrN5O.C8H10O2/c1-24(2)19-22-8-12(9-23-19)18-16-10-21-17-4-3-13(20)7-15(17)14(16)5-6-25(18)11-26;1-9-7-3-5-8(10-2)6-4-7/h3-4,7-9,11,18,21H,5-6,10H2,1-2H3;3-6H,1-2H3. The number of carbonyl (C=O) groups is 1. The Labute approximate surface area is 220 Å². The first-order valence-electron chi connectivity index (χ1n) is 11.6. The molecule has 8 nitrogen and oxygen atoms in total. The summed E-state index contributed by atoms with van der Waals surface area (Å²) < 4.78 is 11.0. The van der Waals surface area contributed by atoms with Crippen molar-refractivity contribution >= 4 is 39.5 Å². The van der Waals surface area contributed by atoms with Crippen molar-refractivity contribution in [1.29, 1.82) is 0 Å². The van der Waals surface area contributed by atoms with Crippen molar-refractivity contribution in [2.45, 2.75) is 12.5 Å². The van der Waals surface area contributed by atoms with Crippen molar-refractivity contribution in [1.82, 2.24) is 14.9 Å². The fraction of sp³-hybridized carbons (Fsp3) is 0.296. The number of nitrogens with one attached hydrogen (secondary N) is 1. The predicted octanol–water partition coefficient (Wildman–Crippen LogP) is 4.79. The molecule has 3 heterocycles. The van der Waals surface area contributed by atoms with E-state index in [1.807, 2.05) is 66.6 Å². The van der Waals surface area contributed by atoms with Crippen LogP contribution in [0.2, 0.25) is 0 Å². The molecule has 9 heteroatoms. The summed E-state index contributed by atoms with van der Waals surface area (Å²) in [5.74, 6) is 2.36. The van der Waals surface area contributed by atoms with Crippen LogP contribution in [0.4, 0.5) is 11.6 Å². The van der Waals surface area contributed by atoms with E-state index < -0.39 is 0 Å². The first-order valence-corrected chi connectivity index (χ1v) is 12.4. The molecule has 2 aliphatic heterocycles. The lowest BCUT2D eigenvalue weighted by Gasteiger charge is -2.39. The number of halogens is 1. The molecule has 36 heavy (non-hydrogen) atoms. The maximum atomic E-state index is 11.7. The molecule has 5 rings (SSSR count). The van der Waals surface area contributed by atoms with Crippen LogP contribution in [0.1, 0.15) is 23.6 Å². The molecule has 0 fully saturated rings. The maximum absolute atomic E-state index is 11.7. The quantitative estimate of drug-likeness (QED) is 0.456. The Balaban J connectivity index is 0.000000256. The summed E-state index contributed by atoms with van der Waals surface area (Å²) in [4.78, 5) is 24.3. The zero-order chi connectivity index (χ0) is 25.7. The highest BCUT2D eigenvalue weighted by atomic mass is 79.9. The van der Waals surface area contributed by atoms with Gasteiger partial charge in [-0.15, -0.1) is 0 Å². The Bertz CT molecular complexity index is 1210. The number of benzene rings is 2. The minimum Gasteiger partial charge on any atom is -0.497 e. The normalized spacial score (nSPS) is 16.0. The lowest BCUT2D eigenvalue weighted by atomic mass is 9.83. The van der Waals surface area contributed by atoms with Crippen LogP contribution in [0, 0.1) is 0 Å². The number of ether oxygens (including phenoxy) is 2. The zero-order valence-electron chi connectivity index (χ0n) is 20.9. The molecule has 0 saturated heterocycles. The van der Waals surface area contributed by atoms with Gasteiger partial charge in [-0.25, -0.2) is 9.97 Å². The molecule has 2 aliphatic rings. The number of anilines is 2. The average Bonchev–Trinajstić information content (AvgIpc) is 2.92. The largest absolute Gasteiger partial charge is 0.497 e. The molecule has 1 unspecified atom stereocenters. The molecule has 1 aromatic heterocycles. The van der Waals surface area contributed by atoms with Gasteiger partial charge in [0, 0.05) is 60.9 Å². The molecule has 3 aromatic rings. The average molecular weight is 552 g/mol. The number of fused-ring (bicyclic) bond motifs is 2. The van der Waals surface area contributed by atoms with Gasteiger partial charge in [-0.3, -0.25) is 4.79 Å². The number of aromatic nitrogens is 2. The number of carbonyl (C=O) groups excluding carboxylic acids is 1. The Morgan fingerprint density at radius 2 is 1.69 bits per heavy atom. The number of nitrogens with zero attached hydrogens (tertiary/aromatic N) is 4. The number of amides is 1. The monoisotopic (exact) mass is 551 g/mol. The first-order chi connectivity index (χ1) is 17.4. The van der Waals surface area contributed by atoms with Crippen molar-refractivity contribution in [2.24, 2.45) is 0 Å². The van der Waals surface area contributed by atoms with Gasteiger partial charge in [0.1, 0.15) is 11.5 Å². The van der Waals surface area contributed by atoms with Gasteiger partial charge in [0.25, 0.3) is 0 Å². The molecular formula is C27H30BrN5O3. The van der Waals surface area contributed by atoms with Gasteiger partial charge in [0.2, 0.25) is 12.4 Å². The smallest absolute Gasteiger partial charge is 0.224 e. The van der Waals surface area contributed by atoms with Crippen LogP contribution in [-0.2, 0) is 4.79 Å². The molecule has 188 valence electrons. The molecule has 2 aromatic carbocycles. The fourth-order valence-electron chi connectivity index (χ4n) is 4.44. The second-order valence-corrected chi connectivity index (χ2v) is 9.55. The van der Waals surface area contributed by atoms with Gasteiger partial charge in [0.15, 0.2) is 0 Å². The molecule has 1 N–H and O–H groups in total. The van der Waals surface area contributed by atoms with Gasteiger partial charge < -0.3 is 24.6 Å². The van der Waals surface area contributed by atoms with Crippen LogP contribution in [0.3, 0.4) is 0 Å². The van der Waals surface area contributed by atoms with E-state index in [0.717, 1.165) is 40.1 Å². The van der Waals surface area contributed by atoms with E-state index in [1.165, 1.54) is 16.7 Å². The lowest BCUT2D eigenvalue weighted by molar-refractivity contribution is -0.119. The van der Waals surface area contributed by atoms with Gasteiger partial charge in [-0.05, 0) is 60.0 Å². The van der Waals surface area contributed by atoms with Crippen LogP contribution in [0.5, 0.6) is 11.5 Å². The van der Waals surface area contributed by atoms with E-state index in [4.69, 9.17) is 9.47 Å². The molecule has 0 radical (unpaired) electrons. The molecule has 1 atom stereocenters. The SMILES string of the molecule is CN(C)c1ncc(C2C3=C(CCN2C=O)c2cc(Br)ccc2NC3)cn1.COc1ccc(OC)cc1. The van der Waals surface area contributed by atoms with Crippen LogP contribution in [-0.4, -0.2) is 62.7 Å². The lowest BCUT2D eigenvalue weighted by Crippen LogP contribution is -2.37. The first kappa shape index (κ1) is 25.5. The van der Waals surface area contributed by atoms with Crippen molar-refractivity contribution in [3.63, 3.8) is 0 Å². The summed E-state index contributed by atoms with van der Waals surface area (Å²) in [7, 11) is 7.10. The number of hydrogen-bond donors (Lipinski definition) is 1. The second kappa shape index (κ2) is 11.4. The highest BCUT2D eigenvalue weighted by molar-refractivity contribution is 9.10. The van der Waals surface area contributed by atoms with E-state index in [2.05, 4.69) is 43.3 Å². The van der Waals surface area contributed by atoms with Crippen molar-refractivity contribution in [3.05, 3.63) is 76.0 Å². The Kier molecular flexibility index (Phi) is 8.10. The molecule has 0 saturated carbocycles. The van der Waals surface area contributed by atoms with E-state index in [0.29, 0.717) is 19.0 Å². The summed E-state index contributed by atoms with van der Waals surface area (Å²) in [6, 6.07) is 13.6. The molecular weight excluding hydrogens is 522 g/mol. The third-order valence-corrected chi connectivity index (χ3v) is 6.74. The van der Waals surface area contributed by atoms with E-state index in [1.54, 1.807) is 14.2 Å². The molecule has 0 aliphatic carbocycles. The molecule has 0 bridgehead atoms. The van der Waals surface area contributed by atoms with Crippen LogP contribution >= 0.6 is 15.9 Å².